The van der Waals surface area contributed by atoms with E-state index in [9.17, 15) is 13.2 Å². The van der Waals surface area contributed by atoms with E-state index in [-0.39, 0.29) is 5.91 Å². The van der Waals surface area contributed by atoms with Crippen LogP contribution in [-0.4, -0.2) is 27.1 Å². The molecule has 5 heteroatoms. The average molecular weight is 331 g/mol. The highest BCUT2D eigenvalue weighted by atomic mass is 32.2. The minimum atomic E-state index is -3.29. The number of sulfone groups is 1. The van der Waals surface area contributed by atoms with E-state index in [1.807, 2.05) is 37.3 Å². The first-order valence-electron chi connectivity index (χ1n) is 7.57. The summed E-state index contributed by atoms with van der Waals surface area (Å²) in [5.41, 5.74) is 2.40. The van der Waals surface area contributed by atoms with E-state index >= 15 is 0 Å². The van der Waals surface area contributed by atoms with Crippen LogP contribution in [0.25, 0.3) is 11.1 Å². The van der Waals surface area contributed by atoms with Crippen molar-refractivity contribution < 1.29 is 13.2 Å². The lowest BCUT2D eigenvalue weighted by atomic mass is 10.0. The van der Waals surface area contributed by atoms with Gasteiger partial charge in [0, 0.05) is 18.4 Å². The van der Waals surface area contributed by atoms with Crippen LogP contribution >= 0.6 is 0 Å². The molecule has 2 aromatic carbocycles. The number of hydrogen-bond acceptors (Lipinski definition) is 3. The Balaban J connectivity index is 2.23. The van der Waals surface area contributed by atoms with Gasteiger partial charge in [-0.25, -0.2) is 8.42 Å². The largest absolute Gasteiger partial charge is 0.356 e. The second-order valence-electron chi connectivity index (χ2n) is 5.49. The summed E-state index contributed by atoms with van der Waals surface area (Å²) >= 11 is 0. The molecule has 0 radical (unpaired) electrons. The molecule has 0 unspecified atom stereocenters. The van der Waals surface area contributed by atoms with Crippen LogP contribution in [-0.2, 0) is 21.1 Å². The number of amides is 1. The summed E-state index contributed by atoms with van der Waals surface area (Å²) in [5, 5.41) is 2.84. The molecule has 0 spiro atoms. The fourth-order valence-electron chi connectivity index (χ4n) is 2.34. The van der Waals surface area contributed by atoms with Crippen LogP contribution in [0.5, 0.6) is 0 Å². The summed E-state index contributed by atoms with van der Waals surface area (Å²) < 4.78 is 23.8. The number of carbonyl (C=O) groups is 1. The summed E-state index contributed by atoms with van der Waals surface area (Å²) in [6.07, 6.45) is 2.44. The van der Waals surface area contributed by atoms with Crippen molar-refractivity contribution in [1.29, 1.82) is 0 Å². The van der Waals surface area contributed by atoms with E-state index in [1.165, 1.54) is 6.26 Å². The molecule has 0 aliphatic heterocycles. The Morgan fingerprint density at radius 2 is 1.70 bits per heavy atom. The van der Waals surface area contributed by atoms with Gasteiger partial charge in [0.25, 0.3) is 0 Å². The highest BCUT2D eigenvalue weighted by Gasteiger charge is 2.13. The summed E-state index contributed by atoms with van der Waals surface area (Å²) in [7, 11) is -3.29. The van der Waals surface area contributed by atoms with Gasteiger partial charge in [-0.1, -0.05) is 49.4 Å². The van der Waals surface area contributed by atoms with Crippen LogP contribution in [0.2, 0.25) is 0 Å². The molecule has 0 aromatic heterocycles. The maximum Gasteiger partial charge on any atom is 0.224 e. The van der Waals surface area contributed by atoms with Gasteiger partial charge in [-0.3, -0.25) is 4.79 Å². The predicted molar refractivity (Wildman–Crippen MR) is 92.0 cm³/mol. The average Bonchev–Trinajstić information content (AvgIpc) is 2.53. The Hall–Kier alpha value is -2.14. The van der Waals surface area contributed by atoms with Gasteiger partial charge >= 0.3 is 0 Å². The lowest BCUT2D eigenvalue weighted by molar-refractivity contribution is -0.120. The standard InChI is InChI=1S/C18H21NO3S/c1-3-12-19-18(20)13-14-8-10-15(11-9-14)16-6-4-5-7-17(16)23(2,21)22/h4-11H,3,12-13H2,1-2H3,(H,19,20). The Morgan fingerprint density at radius 1 is 1.04 bits per heavy atom. The van der Waals surface area contributed by atoms with Gasteiger partial charge in [-0.2, -0.15) is 0 Å². The molecule has 0 saturated heterocycles. The topological polar surface area (TPSA) is 63.2 Å². The summed E-state index contributed by atoms with van der Waals surface area (Å²) in [6, 6.07) is 14.4. The monoisotopic (exact) mass is 331 g/mol. The van der Waals surface area contributed by atoms with Gasteiger partial charge in [0.05, 0.1) is 11.3 Å². The highest BCUT2D eigenvalue weighted by Crippen LogP contribution is 2.27. The minimum absolute atomic E-state index is 0.00358. The van der Waals surface area contributed by atoms with Crippen LogP contribution in [0.15, 0.2) is 53.4 Å². The zero-order valence-electron chi connectivity index (χ0n) is 13.4. The van der Waals surface area contributed by atoms with Crippen LogP contribution < -0.4 is 5.32 Å². The third-order valence-electron chi connectivity index (χ3n) is 3.49. The molecule has 1 N–H and O–H groups in total. The minimum Gasteiger partial charge on any atom is -0.356 e. The molecule has 2 rings (SSSR count). The normalized spacial score (nSPS) is 11.2. The number of nitrogens with one attached hydrogen (secondary N) is 1. The molecule has 0 aliphatic rings. The van der Waals surface area contributed by atoms with Crippen molar-refractivity contribution in [2.75, 3.05) is 12.8 Å². The summed E-state index contributed by atoms with van der Waals surface area (Å²) in [6.45, 7) is 2.69. The van der Waals surface area contributed by atoms with Gasteiger partial charge in [0.15, 0.2) is 9.84 Å². The van der Waals surface area contributed by atoms with Gasteiger partial charge in [-0.15, -0.1) is 0 Å². The number of benzene rings is 2. The number of rotatable bonds is 6. The highest BCUT2D eigenvalue weighted by molar-refractivity contribution is 7.90. The third-order valence-corrected chi connectivity index (χ3v) is 4.64. The molecule has 0 bridgehead atoms. The molecule has 0 fully saturated rings. The van der Waals surface area contributed by atoms with Crippen LogP contribution in [0, 0.1) is 0 Å². The molecular weight excluding hydrogens is 310 g/mol. The maximum atomic E-state index is 11.9. The number of hydrogen-bond donors (Lipinski definition) is 1. The maximum absolute atomic E-state index is 11.9. The van der Waals surface area contributed by atoms with Crippen molar-refractivity contribution in [3.05, 3.63) is 54.1 Å². The van der Waals surface area contributed by atoms with E-state index in [0.717, 1.165) is 17.5 Å². The van der Waals surface area contributed by atoms with E-state index in [0.29, 0.717) is 23.4 Å². The van der Waals surface area contributed by atoms with Crippen molar-refractivity contribution in [2.45, 2.75) is 24.7 Å². The number of carbonyl (C=O) groups excluding carboxylic acids is 1. The van der Waals surface area contributed by atoms with Crippen molar-refractivity contribution in [3.8, 4) is 11.1 Å². The predicted octanol–water partition coefficient (Wildman–Crippen LogP) is 2.83. The van der Waals surface area contributed by atoms with Crippen LogP contribution in [0.4, 0.5) is 0 Å². The van der Waals surface area contributed by atoms with E-state index in [2.05, 4.69) is 5.32 Å². The van der Waals surface area contributed by atoms with E-state index in [4.69, 9.17) is 0 Å². The van der Waals surface area contributed by atoms with Gasteiger partial charge in [0.2, 0.25) is 5.91 Å². The quantitative estimate of drug-likeness (QED) is 0.885. The molecular formula is C18H21NO3S. The Labute approximate surface area is 137 Å². The molecule has 4 nitrogen and oxygen atoms in total. The Morgan fingerprint density at radius 3 is 2.30 bits per heavy atom. The Bertz CT molecular complexity index is 780. The molecule has 23 heavy (non-hydrogen) atoms. The fourth-order valence-corrected chi connectivity index (χ4v) is 3.25. The van der Waals surface area contributed by atoms with Crippen LogP contribution in [0.3, 0.4) is 0 Å². The lowest BCUT2D eigenvalue weighted by Crippen LogP contribution is -2.25. The smallest absolute Gasteiger partial charge is 0.224 e. The molecule has 2 aromatic rings. The molecule has 0 heterocycles. The lowest BCUT2D eigenvalue weighted by Gasteiger charge is -2.09. The van der Waals surface area contributed by atoms with Crippen molar-refractivity contribution >= 4 is 15.7 Å². The van der Waals surface area contributed by atoms with E-state index < -0.39 is 9.84 Å². The zero-order chi connectivity index (χ0) is 16.9. The summed E-state index contributed by atoms with van der Waals surface area (Å²) in [4.78, 5) is 12.0. The van der Waals surface area contributed by atoms with Crippen molar-refractivity contribution in [3.63, 3.8) is 0 Å². The molecule has 0 saturated carbocycles. The van der Waals surface area contributed by atoms with Gasteiger partial charge in [-0.05, 0) is 23.6 Å². The molecule has 0 aliphatic carbocycles. The van der Waals surface area contributed by atoms with E-state index in [1.54, 1.807) is 18.2 Å². The van der Waals surface area contributed by atoms with Crippen molar-refractivity contribution in [1.82, 2.24) is 5.32 Å². The first-order valence-corrected chi connectivity index (χ1v) is 9.46. The third kappa shape index (κ3) is 4.66. The molecule has 0 atom stereocenters. The van der Waals surface area contributed by atoms with Crippen molar-refractivity contribution in [2.24, 2.45) is 0 Å². The second kappa shape index (κ2) is 7.42. The van der Waals surface area contributed by atoms with Gasteiger partial charge < -0.3 is 5.32 Å². The first-order chi connectivity index (χ1) is 10.9. The van der Waals surface area contributed by atoms with Crippen LogP contribution in [0.1, 0.15) is 18.9 Å². The molecule has 122 valence electrons. The van der Waals surface area contributed by atoms with Gasteiger partial charge in [0.1, 0.15) is 0 Å². The molecule has 1 amide bonds. The Kier molecular flexibility index (Phi) is 5.55. The second-order valence-corrected chi connectivity index (χ2v) is 7.48. The zero-order valence-corrected chi connectivity index (χ0v) is 14.2. The summed E-state index contributed by atoms with van der Waals surface area (Å²) in [5.74, 6) is -0.00358. The fraction of sp³-hybridized carbons (Fsp3) is 0.278. The first kappa shape index (κ1) is 17.2. The SMILES string of the molecule is CCCNC(=O)Cc1ccc(-c2ccccc2S(C)(=O)=O)cc1.